The van der Waals surface area contributed by atoms with Crippen LogP contribution in [-0.2, 0) is 0 Å². The average Bonchev–Trinajstić information content (AvgIpc) is 2.59. The first-order valence-electron chi connectivity index (χ1n) is 7.27. The molecule has 3 N–H and O–H groups in total. The summed E-state index contributed by atoms with van der Waals surface area (Å²) in [5.41, 5.74) is 6.23. The molecule has 24 heavy (non-hydrogen) atoms. The van der Waals surface area contributed by atoms with E-state index < -0.39 is 5.91 Å². The zero-order valence-corrected chi connectivity index (χ0v) is 13.3. The maximum atomic E-state index is 11.1. The van der Waals surface area contributed by atoms with Crippen molar-refractivity contribution in [3.63, 3.8) is 0 Å². The summed E-state index contributed by atoms with van der Waals surface area (Å²) in [7, 11) is 0. The Morgan fingerprint density at radius 3 is 2.58 bits per heavy atom. The number of carbonyl (C=O) groups excluding carboxylic acids is 1. The van der Waals surface area contributed by atoms with Crippen molar-refractivity contribution in [3.05, 3.63) is 84.4 Å². The van der Waals surface area contributed by atoms with Gasteiger partial charge >= 0.3 is 0 Å². The number of carbonyl (C=O) groups is 1. The minimum Gasteiger partial charge on any atom is -0.505 e. The smallest absolute Gasteiger partial charge is 0.271 e. The van der Waals surface area contributed by atoms with Gasteiger partial charge in [0.25, 0.3) is 5.91 Å². The number of nitrogens with zero attached hydrogens (tertiary/aromatic N) is 1. The molecule has 1 amide bonds. The first kappa shape index (κ1) is 17.0. The Balaban J connectivity index is 2.32. The van der Waals surface area contributed by atoms with Gasteiger partial charge in [0.1, 0.15) is 17.3 Å². The summed E-state index contributed by atoms with van der Waals surface area (Å²) >= 11 is 0. The number of aromatic hydroxyl groups is 1. The van der Waals surface area contributed by atoms with Gasteiger partial charge in [-0.1, -0.05) is 30.9 Å². The molecule has 5 heteroatoms. The Kier molecular flexibility index (Phi) is 5.52. The van der Waals surface area contributed by atoms with E-state index in [2.05, 4.69) is 11.6 Å². The number of benzene rings is 1. The number of aromatic nitrogens is 1. The topological polar surface area (TPSA) is 85.4 Å². The summed E-state index contributed by atoms with van der Waals surface area (Å²) in [6.45, 7) is 5.62. The summed E-state index contributed by atoms with van der Waals surface area (Å²) in [5, 5.41) is 9.86. The first-order chi connectivity index (χ1) is 11.5. The van der Waals surface area contributed by atoms with Gasteiger partial charge in [-0.05, 0) is 42.8 Å². The molecule has 0 radical (unpaired) electrons. The number of hydrogen-bond acceptors (Lipinski definition) is 4. The summed E-state index contributed by atoms with van der Waals surface area (Å²) in [5.74, 6) is 0.244. The highest BCUT2D eigenvalue weighted by Gasteiger charge is 2.11. The summed E-state index contributed by atoms with van der Waals surface area (Å²) in [6.07, 6.45) is 6.63. The Morgan fingerprint density at radius 1 is 1.33 bits per heavy atom. The largest absolute Gasteiger partial charge is 0.505 e. The van der Waals surface area contributed by atoms with Crippen LogP contribution < -0.4 is 10.5 Å². The molecule has 0 fully saturated rings. The molecule has 0 aliphatic carbocycles. The molecular weight excluding hydrogens is 304 g/mol. The van der Waals surface area contributed by atoms with Crippen LogP contribution in [0.3, 0.4) is 0 Å². The van der Waals surface area contributed by atoms with Crippen LogP contribution in [0.25, 0.3) is 5.57 Å². The highest BCUT2D eigenvalue weighted by atomic mass is 16.5. The Morgan fingerprint density at radius 2 is 2.04 bits per heavy atom. The fourth-order valence-electron chi connectivity index (χ4n) is 2.01. The van der Waals surface area contributed by atoms with Crippen molar-refractivity contribution in [3.8, 4) is 11.5 Å². The van der Waals surface area contributed by atoms with Crippen molar-refractivity contribution in [1.29, 1.82) is 0 Å². The molecular formula is C19H18N2O3. The minimum atomic E-state index is -0.787. The van der Waals surface area contributed by atoms with Crippen LogP contribution in [0, 0.1) is 0 Å². The van der Waals surface area contributed by atoms with Crippen LogP contribution in [0.4, 0.5) is 0 Å². The Bertz CT molecular complexity index is 809. The molecule has 0 bridgehead atoms. The van der Waals surface area contributed by atoms with Gasteiger partial charge in [-0.25, -0.2) is 4.98 Å². The van der Waals surface area contributed by atoms with Gasteiger partial charge in [0.15, 0.2) is 5.69 Å². The number of pyridine rings is 1. The summed E-state index contributed by atoms with van der Waals surface area (Å²) in [6, 6.07) is 10.8. The molecule has 1 aromatic carbocycles. The van der Waals surface area contributed by atoms with Gasteiger partial charge < -0.3 is 15.6 Å². The number of allylic oxidation sites excluding steroid dienone is 4. The molecule has 122 valence electrons. The fourth-order valence-corrected chi connectivity index (χ4v) is 2.01. The van der Waals surface area contributed by atoms with Crippen molar-refractivity contribution in [2.75, 3.05) is 0 Å². The van der Waals surface area contributed by atoms with Crippen LogP contribution in [0.15, 0.2) is 73.2 Å². The molecule has 0 aliphatic heterocycles. The van der Waals surface area contributed by atoms with E-state index in [0.717, 1.165) is 0 Å². The highest BCUT2D eigenvalue weighted by molar-refractivity contribution is 5.94. The monoisotopic (exact) mass is 322 g/mol. The number of amides is 1. The van der Waals surface area contributed by atoms with Gasteiger partial charge in [0.2, 0.25) is 0 Å². The van der Waals surface area contributed by atoms with E-state index in [9.17, 15) is 9.90 Å². The Hall–Kier alpha value is -3.34. The second kappa shape index (κ2) is 7.78. The lowest BCUT2D eigenvalue weighted by atomic mass is 10.1. The molecule has 5 nitrogen and oxygen atoms in total. The van der Waals surface area contributed by atoms with Crippen molar-refractivity contribution in [2.24, 2.45) is 5.73 Å². The van der Waals surface area contributed by atoms with Crippen molar-refractivity contribution in [2.45, 2.75) is 6.92 Å². The van der Waals surface area contributed by atoms with E-state index >= 15 is 0 Å². The van der Waals surface area contributed by atoms with Crippen LogP contribution in [0.2, 0.25) is 0 Å². The normalized spacial score (nSPS) is 11.9. The van der Waals surface area contributed by atoms with Gasteiger partial charge in [-0.2, -0.15) is 0 Å². The lowest BCUT2D eigenvalue weighted by Crippen LogP contribution is -2.13. The third kappa shape index (κ3) is 4.10. The molecule has 2 rings (SSSR count). The van der Waals surface area contributed by atoms with Crippen LogP contribution in [-0.4, -0.2) is 16.0 Å². The number of hydrogen-bond donors (Lipinski definition) is 2. The molecule has 0 saturated carbocycles. The average molecular weight is 322 g/mol. The standard InChI is InChI=1S/C19H18N2O3/c1-3-13(14-11-17(22)18(19(20)23)21-12-14)10-15(4-2)24-16-8-6-5-7-9-16/h3-12,22H,1H2,2H3,(H2,20,23)/b13-10+,15-4+. The molecule has 0 spiro atoms. The van der Waals surface area contributed by atoms with E-state index in [4.69, 9.17) is 10.5 Å². The molecule has 2 aromatic rings. The number of para-hydroxylation sites is 1. The third-order valence-corrected chi connectivity index (χ3v) is 3.22. The van der Waals surface area contributed by atoms with Gasteiger partial charge in [-0.15, -0.1) is 0 Å². The maximum absolute atomic E-state index is 11.1. The number of nitrogens with two attached hydrogens (primary N) is 1. The Labute approximate surface area is 140 Å². The number of ether oxygens (including phenoxy) is 1. The zero-order valence-electron chi connectivity index (χ0n) is 13.3. The molecule has 0 saturated heterocycles. The predicted molar refractivity (Wildman–Crippen MR) is 93.4 cm³/mol. The zero-order chi connectivity index (χ0) is 17.5. The number of primary amides is 1. The van der Waals surface area contributed by atoms with Crippen LogP contribution in [0.1, 0.15) is 23.0 Å². The van der Waals surface area contributed by atoms with E-state index in [0.29, 0.717) is 22.6 Å². The highest BCUT2D eigenvalue weighted by Crippen LogP contribution is 2.24. The molecule has 1 aromatic heterocycles. The SMILES string of the molecule is C=C/C(=C\C(=C/C)Oc1ccccc1)c1cnc(C(N)=O)c(O)c1. The first-order valence-corrected chi connectivity index (χ1v) is 7.27. The quantitative estimate of drug-likeness (QED) is 0.630. The third-order valence-electron chi connectivity index (χ3n) is 3.22. The van der Waals surface area contributed by atoms with E-state index in [1.54, 1.807) is 12.2 Å². The summed E-state index contributed by atoms with van der Waals surface area (Å²) in [4.78, 5) is 15.0. The van der Waals surface area contributed by atoms with Gasteiger partial charge in [0, 0.05) is 11.8 Å². The van der Waals surface area contributed by atoms with Crippen molar-refractivity contribution in [1.82, 2.24) is 4.98 Å². The van der Waals surface area contributed by atoms with E-state index in [1.165, 1.54) is 12.3 Å². The molecule has 1 heterocycles. The van der Waals surface area contributed by atoms with Crippen molar-refractivity contribution >= 4 is 11.5 Å². The second-order valence-electron chi connectivity index (χ2n) is 4.87. The van der Waals surface area contributed by atoms with Crippen LogP contribution in [0.5, 0.6) is 11.5 Å². The summed E-state index contributed by atoms with van der Waals surface area (Å²) < 4.78 is 5.79. The van der Waals surface area contributed by atoms with E-state index in [1.807, 2.05) is 43.3 Å². The lowest BCUT2D eigenvalue weighted by Gasteiger charge is -2.09. The minimum absolute atomic E-state index is 0.172. The van der Waals surface area contributed by atoms with E-state index in [-0.39, 0.29) is 11.4 Å². The van der Waals surface area contributed by atoms with Crippen molar-refractivity contribution < 1.29 is 14.6 Å². The fraction of sp³-hybridized carbons (Fsp3) is 0.0526. The van der Waals surface area contributed by atoms with Gasteiger partial charge in [0.05, 0.1) is 0 Å². The number of rotatable bonds is 6. The molecule has 0 atom stereocenters. The second-order valence-corrected chi connectivity index (χ2v) is 4.87. The predicted octanol–water partition coefficient (Wildman–Crippen LogP) is 3.44. The lowest BCUT2D eigenvalue weighted by molar-refractivity contribution is 0.0992. The van der Waals surface area contributed by atoms with Crippen LogP contribution >= 0.6 is 0 Å². The molecule has 0 aliphatic rings. The maximum Gasteiger partial charge on any atom is 0.271 e. The molecule has 0 unspecified atom stereocenters. The van der Waals surface area contributed by atoms with Gasteiger partial charge in [-0.3, -0.25) is 4.79 Å².